The number of ether oxygens (including phenoxy) is 1. The summed E-state index contributed by atoms with van der Waals surface area (Å²) in [4.78, 5) is 31.1. The Balaban J connectivity index is 1.54. The van der Waals surface area contributed by atoms with E-state index in [2.05, 4.69) is 4.99 Å². The van der Waals surface area contributed by atoms with Crippen LogP contribution in [0.1, 0.15) is 27.0 Å². The van der Waals surface area contributed by atoms with Gasteiger partial charge < -0.3 is 9.64 Å². The highest BCUT2D eigenvalue weighted by Gasteiger charge is 2.24. The molecule has 0 aromatic heterocycles. The topological polar surface area (TPSA) is 59.0 Å². The van der Waals surface area contributed by atoms with Gasteiger partial charge in [-0.1, -0.05) is 54.6 Å². The van der Waals surface area contributed by atoms with Crippen LogP contribution in [0.2, 0.25) is 0 Å². The van der Waals surface area contributed by atoms with Crippen molar-refractivity contribution in [1.82, 2.24) is 0 Å². The summed E-state index contributed by atoms with van der Waals surface area (Å²) < 4.78 is 5.33. The summed E-state index contributed by atoms with van der Waals surface area (Å²) in [6, 6.07) is 23.8. The highest BCUT2D eigenvalue weighted by atomic mass is 16.6. The maximum Gasteiger partial charge on any atom is 0.363 e. The molecule has 3 aromatic rings. The third kappa shape index (κ3) is 4.05. The lowest BCUT2D eigenvalue weighted by molar-refractivity contribution is -0.129. The van der Waals surface area contributed by atoms with E-state index in [-0.39, 0.29) is 17.4 Å². The van der Waals surface area contributed by atoms with E-state index in [1.54, 1.807) is 42.5 Å². The van der Waals surface area contributed by atoms with Gasteiger partial charge in [0.25, 0.3) is 0 Å². The summed E-state index contributed by atoms with van der Waals surface area (Å²) in [5.41, 5.74) is 4.00. The molecule has 3 aromatic carbocycles. The van der Waals surface area contributed by atoms with Gasteiger partial charge in [-0.25, -0.2) is 9.79 Å². The van der Waals surface area contributed by atoms with Crippen LogP contribution in [-0.2, 0) is 9.53 Å². The molecule has 0 unspecified atom stereocenters. The van der Waals surface area contributed by atoms with Crippen molar-refractivity contribution in [3.63, 3.8) is 0 Å². The van der Waals surface area contributed by atoms with E-state index in [9.17, 15) is 9.59 Å². The van der Waals surface area contributed by atoms with Crippen LogP contribution in [0.3, 0.4) is 0 Å². The summed E-state index contributed by atoms with van der Waals surface area (Å²) in [5.74, 6) is -0.324. The van der Waals surface area contributed by atoms with Gasteiger partial charge in [0.2, 0.25) is 5.90 Å². The Hall–Kier alpha value is -3.99. The maximum atomic E-state index is 12.5. The van der Waals surface area contributed by atoms with Crippen LogP contribution in [0, 0.1) is 0 Å². The van der Waals surface area contributed by atoms with Crippen molar-refractivity contribution in [2.45, 2.75) is 0 Å². The lowest BCUT2D eigenvalue weighted by Gasteiger charge is -2.11. The molecule has 5 nitrogen and oxygen atoms in total. The van der Waals surface area contributed by atoms with Crippen molar-refractivity contribution in [3.05, 3.63) is 107 Å². The van der Waals surface area contributed by atoms with Crippen LogP contribution in [0.15, 0.2) is 89.6 Å². The van der Waals surface area contributed by atoms with Crippen molar-refractivity contribution in [2.75, 3.05) is 19.0 Å². The summed E-state index contributed by atoms with van der Waals surface area (Å²) in [6.45, 7) is 0. The second-order valence-electron chi connectivity index (χ2n) is 7.09. The Morgan fingerprint density at radius 1 is 0.867 bits per heavy atom. The molecule has 148 valence electrons. The van der Waals surface area contributed by atoms with Crippen LogP contribution in [0.5, 0.6) is 0 Å². The number of carbonyl (C=O) groups is 2. The van der Waals surface area contributed by atoms with E-state index >= 15 is 0 Å². The van der Waals surface area contributed by atoms with Crippen molar-refractivity contribution in [1.29, 1.82) is 0 Å². The molecular weight excluding hydrogens is 376 g/mol. The monoisotopic (exact) mass is 396 g/mol. The zero-order valence-corrected chi connectivity index (χ0v) is 16.7. The van der Waals surface area contributed by atoms with Crippen molar-refractivity contribution < 1.29 is 14.3 Å². The van der Waals surface area contributed by atoms with Gasteiger partial charge in [-0.2, -0.15) is 0 Å². The fraction of sp³-hybridized carbons (Fsp3) is 0.0800. The molecule has 0 N–H and O–H groups in total. The smallest absolute Gasteiger partial charge is 0.363 e. The van der Waals surface area contributed by atoms with Crippen LogP contribution >= 0.6 is 0 Å². The Bertz CT molecular complexity index is 1140. The van der Waals surface area contributed by atoms with Crippen molar-refractivity contribution in [2.24, 2.45) is 4.99 Å². The van der Waals surface area contributed by atoms with E-state index in [1.807, 2.05) is 61.5 Å². The molecule has 1 aliphatic rings. The van der Waals surface area contributed by atoms with Crippen molar-refractivity contribution in [3.8, 4) is 0 Å². The Kier molecular flexibility index (Phi) is 5.26. The summed E-state index contributed by atoms with van der Waals surface area (Å²) >= 11 is 0. The highest BCUT2D eigenvalue weighted by molar-refractivity contribution is 6.13. The van der Waals surface area contributed by atoms with E-state index < -0.39 is 5.97 Å². The molecule has 0 spiro atoms. The summed E-state index contributed by atoms with van der Waals surface area (Å²) in [6.07, 6.45) is 1.70. The molecular formula is C25H20N2O3. The maximum absolute atomic E-state index is 12.5. The minimum Gasteiger partial charge on any atom is -0.402 e. The molecule has 5 heteroatoms. The predicted octanol–water partition coefficient (Wildman–Crippen LogP) is 4.33. The largest absolute Gasteiger partial charge is 0.402 e. The molecule has 0 aliphatic carbocycles. The van der Waals surface area contributed by atoms with Gasteiger partial charge >= 0.3 is 5.97 Å². The van der Waals surface area contributed by atoms with Gasteiger partial charge in [-0.15, -0.1) is 0 Å². The molecule has 0 bridgehead atoms. The standard InChI is InChI=1S/C25H20N2O3/c1-27(2)21-14-8-17(9-15-21)16-22-25(29)30-24(26-22)20-12-10-19(11-13-20)23(28)18-6-4-3-5-7-18/h3-16H,1-2H3. The van der Waals surface area contributed by atoms with Gasteiger partial charge in [0.05, 0.1) is 0 Å². The molecule has 30 heavy (non-hydrogen) atoms. The number of cyclic esters (lactones) is 1. The Labute approximate surface area is 174 Å². The molecule has 0 radical (unpaired) electrons. The first-order valence-electron chi connectivity index (χ1n) is 9.51. The summed E-state index contributed by atoms with van der Waals surface area (Å²) in [5, 5.41) is 0. The highest BCUT2D eigenvalue weighted by Crippen LogP contribution is 2.21. The number of aliphatic imine (C=N–C) groups is 1. The van der Waals surface area contributed by atoms with Gasteiger partial charge in [0.15, 0.2) is 11.5 Å². The number of nitrogens with zero attached hydrogens (tertiary/aromatic N) is 2. The lowest BCUT2D eigenvalue weighted by atomic mass is 10.0. The molecule has 0 saturated carbocycles. The number of benzene rings is 3. The molecule has 0 amide bonds. The number of ketones is 1. The van der Waals surface area contributed by atoms with Crippen molar-refractivity contribution >= 4 is 29.4 Å². The number of rotatable bonds is 5. The van der Waals surface area contributed by atoms with E-state index in [4.69, 9.17) is 4.74 Å². The fourth-order valence-electron chi connectivity index (χ4n) is 3.08. The first-order valence-corrected chi connectivity index (χ1v) is 9.51. The molecule has 0 atom stereocenters. The zero-order valence-electron chi connectivity index (χ0n) is 16.7. The SMILES string of the molecule is CN(C)c1ccc(C=C2N=C(c3ccc(C(=O)c4ccccc4)cc3)OC2=O)cc1. The van der Waals surface area contributed by atoms with E-state index in [0.29, 0.717) is 16.7 Å². The van der Waals surface area contributed by atoms with E-state index in [0.717, 1.165) is 11.3 Å². The van der Waals surface area contributed by atoms with Gasteiger partial charge in [-0.05, 0) is 35.9 Å². The first-order chi connectivity index (χ1) is 14.5. The third-order valence-electron chi connectivity index (χ3n) is 4.76. The quantitative estimate of drug-likeness (QED) is 0.366. The average molecular weight is 396 g/mol. The third-order valence-corrected chi connectivity index (χ3v) is 4.76. The molecule has 4 rings (SSSR count). The second kappa shape index (κ2) is 8.17. The number of carbonyl (C=O) groups excluding carboxylic acids is 2. The van der Waals surface area contributed by atoms with Gasteiger partial charge in [0, 0.05) is 36.5 Å². The molecule has 1 heterocycles. The minimum atomic E-state index is -0.494. The van der Waals surface area contributed by atoms with Gasteiger partial charge in [-0.3, -0.25) is 4.79 Å². The van der Waals surface area contributed by atoms with E-state index in [1.165, 1.54) is 0 Å². The van der Waals surface area contributed by atoms with Crippen LogP contribution in [0.25, 0.3) is 6.08 Å². The number of hydrogen-bond donors (Lipinski definition) is 0. The second-order valence-corrected chi connectivity index (χ2v) is 7.09. The zero-order chi connectivity index (χ0) is 21.1. The van der Waals surface area contributed by atoms with Crippen LogP contribution in [0.4, 0.5) is 5.69 Å². The number of esters is 1. The molecule has 1 aliphatic heterocycles. The lowest BCUT2D eigenvalue weighted by Crippen LogP contribution is -2.08. The minimum absolute atomic E-state index is 0.0609. The normalized spacial score (nSPS) is 14.4. The molecule has 0 saturated heterocycles. The van der Waals surface area contributed by atoms with Crippen LogP contribution in [-0.4, -0.2) is 31.7 Å². The molecule has 0 fully saturated rings. The number of hydrogen-bond acceptors (Lipinski definition) is 5. The van der Waals surface area contributed by atoms with Crippen LogP contribution < -0.4 is 4.90 Å². The average Bonchev–Trinajstić information content (AvgIpc) is 3.14. The van der Waals surface area contributed by atoms with Gasteiger partial charge in [0.1, 0.15) is 0 Å². The summed E-state index contributed by atoms with van der Waals surface area (Å²) in [7, 11) is 3.94. The first kappa shape index (κ1) is 19.3. The number of anilines is 1. The fourth-order valence-corrected chi connectivity index (χ4v) is 3.08. The predicted molar refractivity (Wildman–Crippen MR) is 118 cm³/mol. The Morgan fingerprint density at radius 2 is 1.50 bits per heavy atom. The Morgan fingerprint density at radius 3 is 2.13 bits per heavy atom.